The van der Waals surface area contributed by atoms with Crippen LogP contribution in [0.4, 0.5) is 0 Å². The van der Waals surface area contributed by atoms with Gasteiger partial charge < -0.3 is 9.47 Å². The van der Waals surface area contributed by atoms with Crippen molar-refractivity contribution < 1.29 is 31.4 Å². The molecule has 0 N–H and O–H groups in total. The third kappa shape index (κ3) is 7.48. The molecule has 0 aliphatic carbocycles. The van der Waals surface area contributed by atoms with Gasteiger partial charge >= 0.3 is 23.9 Å². The number of carbonyl (C=O) groups is 1. The molecule has 0 amide bonds. The summed E-state index contributed by atoms with van der Waals surface area (Å²) >= 11 is 0. The van der Waals surface area contributed by atoms with Crippen LogP contribution in [0, 0.1) is 6.92 Å². The Morgan fingerprint density at radius 1 is 1.00 bits per heavy atom. The van der Waals surface area contributed by atoms with E-state index in [1.807, 2.05) is 37.3 Å². The second-order valence-corrected chi connectivity index (χ2v) is 10.4. The molecule has 32 heavy (non-hydrogen) atoms. The maximum absolute atomic E-state index is 12.9. The minimum Gasteiger partial charge on any atom is -0.464 e. The first-order chi connectivity index (χ1) is 15.2. The van der Waals surface area contributed by atoms with E-state index in [1.54, 1.807) is 26.0 Å². The van der Waals surface area contributed by atoms with Crippen LogP contribution >= 0.6 is 7.80 Å². The van der Waals surface area contributed by atoms with Crippen molar-refractivity contribution in [3.8, 4) is 0 Å². The minimum absolute atomic E-state index is 0.0166. The predicted octanol–water partition coefficient (Wildman–Crippen LogP) is 4.46. The van der Waals surface area contributed by atoms with E-state index in [0.717, 1.165) is 11.1 Å². The Hall–Kier alpha value is -2.12. The quantitative estimate of drug-likeness (QED) is 0.237. The van der Waals surface area contributed by atoms with Gasteiger partial charge in [-0.15, -0.1) is 0 Å². The molecule has 174 valence electrons. The molecule has 0 saturated carbocycles. The number of aryl methyl sites for hydroxylation is 2. The molecule has 0 radical (unpaired) electrons. The lowest BCUT2D eigenvalue weighted by molar-refractivity contribution is -0.169. The maximum Gasteiger partial charge on any atom is 0.371 e. The molecule has 2 rings (SSSR count). The highest BCUT2D eigenvalue weighted by Crippen LogP contribution is 2.34. The van der Waals surface area contributed by atoms with E-state index >= 15 is 0 Å². The Balaban J connectivity index is 2.14. The van der Waals surface area contributed by atoms with Crippen molar-refractivity contribution >= 4 is 23.9 Å². The van der Waals surface area contributed by atoms with Crippen LogP contribution in [0.2, 0.25) is 0 Å². The summed E-state index contributed by atoms with van der Waals surface area (Å²) in [6, 6.07) is 15.7. The third-order valence-electron chi connectivity index (χ3n) is 4.82. The summed E-state index contributed by atoms with van der Waals surface area (Å²) in [5, 5.41) is 0. The molecule has 0 bridgehead atoms. The van der Waals surface area contributed by atoms with Crippen molar-refractivity contribution in [2.75, 3.05) is 25.7 Å². The number of benzene rings is 2. The number of ether oxygens (including phenoxy) is 2. The van der Waals surface area contributed by atoms with Crippen LogP contribution in [0.15, 0.2) is 59.5 Å². The van der Waals surface area contributed by atoms with Gasteiger partial charge in [-0.2, -0.15) is 8.42 Å². The summed E-state index contributed by atoms with van der Waals surface area (Å²) in [7, 11) is -6.31. The fourth-order valence-electron chi connectivity index (χ4n) is 3.18. The Morgan fingerprint density at radius 3 is 2.25 bits per heavy atom. The highest BCUT2D eigenvalue weighted by Gasteiger charge is 2.48. The van der Waals surface area contributed by atoms with Gasteiger partial charge in [0, 0.05) is 6.61 Å². The van der Waals surface area contributed by atoms with Gasteiger partial charge in [-0.3, -0.25) is 0 Å². The topological polar surface area (TPSA) is 96.0 Å². The summed E-state index contributed by atoms with van der Waals surface area (Å²) < 4.78 is 53.7. The van der Waals surface area contributed by atoms with Gasteiger partial charge in [0.05, 0.1) is 11.5 Å². The Morgan fingerprint density at radius 2 is 1.66 bits per heavy atom. The molecule has 0 spiro atoms. The lowest BCUT2D eigenvalue weighted by atomic mass is 9.96. The normalized spacial score (nSPS) is 13.9. The van der Waals surface area contributed by atoms with Crippen molar-refractivity contribution in [3.05, 3.63) is 65.7 Å². The van der Waals surface area contributed by atoms with Gasteiger partial charge in [0.1, 0.15) is 0 Å². The van der Waals surface area contributed by atoms with E-state index < -0.39 is 35.8 Å². The van der Waals surface area contributed by atoms with Gasteiger partial charge in [0.15, 0.2) is 6.16 Å². The molecule has 0 saturated heterocycles. The fraction of sp³-hybridized carbons (Fsp3) is 0.435. The molecule has 2 unspecified atom stereocenters. The SMILES string of the molecule is CCOC(=O)C(CCc1ccccc1)(C[P+](=O)COS(=O)(=O)c1ccc(C)cc1)OCC. The predicted molar refractivity (Wildman–Crippen MR) is 123 cm³/mol. The van der Waals surface area contributed by atoms with Gasteiger partial charge in [-0.1, -0.05) is 52.6 Å². The van der Waals surface area contributed by atoms with E-state index in [0.29, 0.717) is 6.42 Å². The Labute approximate surface area is 191 Å². The van der Waals surface area contributed by atoms with Crippen LogP contribution in [0.1, 0.15) is 31.4 Å². The lowest BCUT2D eigenvalue weighted by Crippen LogP contribution is -2.46. The molecule has 0 aliphatic rings. The standard InChI is InChI=1S/C23H30O7PS/c1-4-28-22(24)23(29-5-2,16-15-20-9-7-6-8-10-20)17-31(25)18-30-32(26,27)21-13-11-19(3)12-14-21/h6-14H,4-5,15-18H2,1-3H3/q+1. The van der Waals surface area contributed by atoms with Crippen molar-refractivity contribution in [2.24, 2.45) is 0 Å². The molecule has 0 fully saturated rings. The third-order valence-corrected chi connectivity index (χ3v) is 7.55. The van der Waals surface area contributed by atoms with Crippen LogP contribution in [0.5, 0.6) is 0 Å². The van der Waals surface area contributed by atoms with Gasteiger partial charge in [-0.05, 0) is 51.3 Å². The van der Waals surface area contributed by atoms with Crippen molar-refractivity contribution in [3.63, 3.8) is 0 Å². The summed E-state index contributed by atoms with van der Waals surface area (Å²) in [4.78, 5) is 12.8. The first-order valence-electron chi connectivity index (χ1n) is 10.5. The molecule has 7 nitrogen and oxygen atoms in total. The zero-order chi connectivity index (χ0) is 23.6. The number of hydrogen-bond acceptors (Lipinski definition) is 7. The van der Waals surface area contributed by atoms with Crippen LogP contribution < -0.4 is 0 Å². The van der Waals surface area contributed by atoms with Gasteiger partial charge in [-0.25, -0.2) is 8.98 Å². The lowest BCUT2D eigenvalue weighted by Gasteiger charge is -2.27. The summed E-state index contributed by atoms with van der Waals surface area (Å²) in [6.07, 6.45) is -0.00279. The van der Waals surface area contributed by atoms with Crippen LogP contribution in [-0.4, -0.2) is 45.7 Å². The second-order valence-electron chi connectivity index (χ2n) is 7.29. The number of rotatable bonds is 13. The zero-order valence-electron chi connectivity index (χ0n) is 18.7. The van der Waals surface area contributed by atoms with Crippen molar-refractivity contribution in [1.29, 1.82) is 0 Å². The van der Waals surface area contributed by atoms with Crippen molar-refractivity contribution in [1.82, 2.24) is 0 Å². The van der Waals surface area contributed by atoms with E-state index in [-0.39, 0.29) is 30.7 Å². The average Bonchev–Trinajstić information content (AvgIpc) is 2.77. The highest BCUT2D eigenvalue weighted by molar-refractivity contribution is 7.87. The number of hydrogen-bond donors (Lipinski definition) is 0. The molecule has 2 aromatic carbocycles. The monoisotopic (exact) mass is 481 g/mol. The van der Waals surface area contributed by atoms with Crippen LogP contribution in [0.3, 0.4) is 0 Å². The minimum atomic E-state index is -4.07. The first-order valence-corrected chi connectivity index (χ1v) is 13.5. The molecule has 0 aliphatic heterocycles. The molecule has 9 heteroatoms. The number of esters is 1. The molecule has 2 atom stereocenters. The molecule has 2 aromatic rings. The molecular formula is C23H30O7PS+. The van der Waals surface area contributed by atoms with Crippen molar-refractivity contribution in [2.45, 2.75) is 44.1 Å². The van der Waals surface area contributed by atoms with Crippen LogP contribution in [0.25, 0.3) is 0 Å². The molecule has 0 aromatic heterocycles. The highest BCUT2D eigenvalue weighted by atomic mass is 32.2. The van der Waals surface area contributed by atoms with E-state index in [4.69, 9.17) is 13.7 Å². The molecule has 0 heterocycles. The Bertz CT molecular complexity index is 991. The van der Waals surface area contributed by atoms with Gasteiger partial charge in [0.25, 0.3) is 6.35 Å². The first kappa shape index (κ1) is 26.1. The largest absolute Gasteiger partial charge is 0.464 e. The Kier molecular flexibility index (Phi) is 9.97. The van der Waals surface area contributed by atoms with Crippen LogP contribution in [-0.2, 0) is 39.6 Å². The summed E-state index contributed by atoms with van der Waals surface area (Å²) in [6.45, 7) is 5.62. The summed E-state index contributed by atoms with van der Waals surface area (Å²) in [5.74, 6) is -0.609. The summed E-state index contributed by atoms with van der Waals surface area (Å²) in [5.41, 5.74) is 0.448. The second kappa shape index (κ2) is 12.2. The van der Waals surface area contributed by atoms with Gasteiger partial charge in [0.2, 0.25) is 5.60 Å². The zero-order valence-corrected chi connectivity index (χ0v) is 20.4. The number of carbonyl (C=O) groups excluding carboxylic acids is 1. The maximum atomic E-state index is 12.9. The van der Waals surface area contributed by atoms with E-state index in [9.17, 15) is 17.8 Å². The van der Waals surface area contributed by atoms with E-state index in [1.165, 1.54) is 12.1 Å². The van der Waals surface area contributed by atoms with E-state index in [2.05, 4.69) is 0 Å². The smallest absolute Gasteiger partial charge is 0.371 e. The average molecular weight is 482 g/mol. The molecular weight excluding hydrogens is 451 g/mol. The fourth-order valence-corrected chi connectivity index (χ4v) is 5.85.